The Balaban J connectivity index is 2.21. The molecule has 0 aromatic heterocycles. The summed E-state index contributed by atoms with van der Waals surface area (Å²) in [6, 6.07) is 19.5. The molecule has 2 nitrogen and oxygen atoms in total. The summed E-state index contributed by atoms with van der Waals surface area (Å²) in [6.07, 6.45) is 0. The number of hydrogen-bond donors (Lipinski definition) is 1. The molecule has 0 unspecified atom stereocenters. The van der Waals surface area contributed by atoms with Gasteiger partial charge in [0.15, 0.2) is 0 Å². The Morgan fingerprint density at radius 3 is 2.58 bits per heavy atom. The van der Waals surface area contributed by atoms with Crippen molar-refractivity contribution in [1.29, 1.82) is 0 Å². The number of para-hydroxylation sites is 1. The van der Waals surface area contributed by atoms with Crippen LogP contribution < -0.4 is 4.74 Å². The van der Waals surface area contributed by atoms with Crippen LogP contribution in [0.1, 0.15) is 0 Å². The van der Waals surface area contributed by atoms with Gasteiger partial charge in [0, 0.05) is 10.9 Å². The highest BCUT2D eigenvalue weighted by Crippen LogP contribution is 2.33. The van der Waals surface area contributed by atoms with Crippen molar-refractivity contribution < 1.29 is 9.84 Å². The Kier molecular flexibility index (Phi) is 2.84. The van der Waals surface area contributed by atoms with E-state index in [0.29, 0.717) is 5.75 Å². The van der Waals surface area contributed by atoms with Crippen LogP contribution in [0.25, 0.3) is 21.9 Å². The Morgan fingerprint density at radius 1 is 0.895 bits per heavy atom. The molecule has 0 aliphatic rings. The first-order chi connectivity index (χ1) is 9.29. The maximum Gasteiger partial charge on any atom is 0.126 e. The van der Waals surface area contributed by atoms with Gasteiger partial charge in [-0.2, -0.15) is 0 Å². The fourth-order valence-electron chi connectivity index (χ4n) is 2.32. The highest BCUT2D eigenvalue weighted by Gasteiger charge is 2.06. The summed E-state index contributed by atoms with van der Waals surface area (Å²) in [4.78, 5) is 0. The number of aromatic hydroxyl groups is 1. The standard InChI is InChI=1S/C17H14O2/c1-19-17-8-3-2-6-15(17)13-9-10-14-12(11-13)5-4-7-16(14)18/h2-11,18H,1H3. The van der Waals surface area contributed by atoms with Crippen LogP contribution in [-0.2, 0) is 0 Å². The molecule has 0 saturated carbocycles. The molecule has 3 aromatic carbocycles. The van der Waals surface area contributed by atoms with Crippen LogP contribution in [0.4, 0.5) is 0 Å². The molecule has 0 aliphatic carbocycles. The molecule has 0 saturated heterocycles. The van der Waals surface area contributed by atoms with Crippen LogP contribution in [0.15, 0.2) is 60.7 Å². The molecule has 0 fully saturated rings. The van der Waals surface area contributed by atoms with Gasteiger partial charge in [-0.1, -0.05) is 42.5 Å². The molecule has 94 valence electrons. The van der Waals surface area contributed by atoms with E-state index in [4.69, 9.17) is 4.74 Å². The van der Waals surface area contributed by atoms with Crippen molar-refractivity contribution >= 4 is 10.8 Å². The van der Waals surface area contributed by atoms with Crippen LogP contribution in [0.3, 0.4) is 0 Å². The SMILES string of the molecule is COc1ccccc1-c1ccc2c(O)cccc2c1. The van der Waals surface area contributed by atoms with Crippen molar-refractivity contribution in [2.45, 2.75) is 0 Å². The van der Waals surface area contributed by atoms with Gasteiger partial charge in [0.1, 0.15) is 11.5 Å². The van der Waals surface area contributed by atoms with E-state index in [2.05, 4.69) is 6.07 Å². The van der Waals surface area contributed by atoms with E-state index in [9.17, 15) is 5.11 Å². The fourth-order valence-corrected chi connectivity index (χ4v) is 2.32. The van der Waals surface area contributed by atoms with E-state index in [1.54, 1.807) is 13.2 Å². The van der Waals surface area contributed by atoms with Gasteiger partial charge in [0.05, 0.1) is 7.11 Å². The predicted molar refractivity (Wildman–Crippen MR) is 77.6 cm³/mol. The topological polar surface area (TPSA) is 29.5 Å². The van der Waals surface area contributed by atoms with E-state index in [1.807, 2.05) is 48.5 Å². The average Bonchev–Trinajstić information content (AvgIpc) is 2.47. The number of fused-ring (bicyclic) bond motifs is 1. The first-order valence-electron chi connectivity index (χ1n) is 6.15. The van der Waals surface area contributed by atoms with Crippen molar-refractivity contribution in [3.05, 3.63) is 60.7 Å². The molecular weight excluding hydrogens is 236 g/mol. The first-order valence-corrected chi connectivity index (χ1v) is 6.15. The summed E-state index contributed by atoms with van der Waals surface area (Å²) in [5.74, 6) is 1.16. The summed E-state index contributed by atoms with van der Waals surface area (Å²) >= 11 is 0. The van der Waals surface area contributed by atoms with Crippen molar-refractivity contribution in [3.63, 3.8) is 0 Å². The van der Waals surface area contributed by atoms with Crippen LogP contribution >= 0.6 is 0 Å². The highest BCUT2D eigenvalue weighted by atomic mass is 16.5. The average molecular weight is 250 g/mol. The Labute approximate surface area is 111 Å². The molecular formula is C17H14O2. The van der Waals surface area contributed by atoms with E-state index in [0.717, 1.165) is 27.6 Å². The summed E-state index contributed by atoms with van der Waals surface area (Å²) in [5, 5.41) is 11.7. The number of phenols is 1. The van der Waals surface area contributed by atoms with Gasteiger partial charge >= 0.3 is 0 Å². The minimum atomic E-state index is 0.309. The lowest BCUT2D eigenvalue weighted by atomic mass is 10.0. The maximum atomic E-state index is 9.81. The first kappa shape index (κ1) is 11.6. The van der Waals surface area contributed by atoms with Gasteiger partial charge in [0.2, 0.25) is 0 Å². The Hall–Kier alpha value is -2.48. The zero-order valence-corrected chi connectivity index (χ0v) is 10.6. The van der Waals surface area contributed by atoms with Crippen molar-refractivity contribution in [3.8, 4) is 22.6 Å². The summed E-state index contributed by atoms with van der Waals surface area (Å²) in [7, 11) is 1.67. The number of ether oxygens (including phenoxy) is 1. The van der Waals surface area contributed by atoms with Gasteiger partial charge in [-0.25, -0.2) is 0 Å². The van der Waals surface area contributed by atoms with Crippen LogP contribution in [0, 0.1) is 0 Å². The van der Waals surface area contributed by atoms with Gasteiger partial charge in [-0.15, -0.1) is 0 Å². The molecule has 0 radical (unpaired) electrons. The lowest BCUT2D eigenvalue weighted by Crippen LogP contribution is -1.87. The third kappa shape index (κ3) is 2.02. The predicted octanol–water partition coefficient (Wildman–Crippen LogP) is 4.22. The van der Waals surface area contributed by atoms with E-state index in [1.165, 1.54) is 0 Å². The van der Waals surface area contributed by atoms with Gasteiger partial charge in [0.25, 0.3) is 0 Å². The largest absolute Gasteiger partial charge is 0.507 e. The molecule has 0 atom stereocenters. The second-order valence-electron chi connectivity index (χ2n) is 4.41. The fraction of sp³-hybridized carbons (Fsp3) is 0.0588. The second-order valence-corrected chi connectivity index (χ2v) is 4.41. The Bertz CT molecular complexity index is 732. The molecule has 2 heteroatoms. The van der Waals surface area contributed by atoms with Gasteiger partial charge in [-0.3, -0.25) is 0 Å². The minimum Gasteiger partial charge on any atom is -0.507 e. The summed E-state index contributed by atoms with van der Waals surface area (Å²) in [5.41, 5.74) is 2.13. The van der Waals surface area contributed by atoms with E-state index >= 15 is 0 Å². The highest BCUT2D eigenvalue weighted by molar-refractivity contribution is 5.92. The quantitative estimate of drug-likeness (QED) is 0.737. The second kappa shape index (κ2) is 4.65. The normalized spacial score (nSPS) is 10.6. The molecule has 19 heavy (non-hydrogen) atoms. The lowest BCUT2D eigenvalue weighted by Gasteiger charge is -2.09. The van der Waals surface area contributed by atoms with Crippen molar-refractivity contribution in [2.75, 3.05) is 7.11 Å². The van der Waals surface area contributed by atoms with Crippen LogP contribution in [-0.4, -0.2) is 12.2 Å². The number of methoxy groups -OCH3 is 1. The van der Waals surface area contributed by atoms with Gasteiger partial charge < -0.3 is 9.84 Å². The minimum absolute atomic E-state index is 0.309. The molecule has 0 bridgehead atoms. The maximum absolute atomic E-state index is 9.81. The number of rotatable bonds is 2. The molecule has 3 aromatic rings. The molecule has 0 heterocycles. The molecule has 1 N–H and O–H groups in total. The van der Waals surface area contributed by atoms with Crippen LogP contribution in [0.5, 0.6) is 11.5 Å². The third-order valence-corrected chi connectivity index (χ3v) is 3.28. The molecule has 0 aliphatic heterocycles. The number of phenolic OH excluding ortho intramolecular Hbond substituents is 1. The lowest BCUT2D eigenvalue weighted by molar-refractivity contribution is 0.416. The molecule has 0 spiro atoms. The summed E-state index contributed by atoms with van der Waals surface area (Å²) in [6.45, 7) is 0. The van der Waals surface area contributed by atoms with Crippen LogP contribution in [0.2, 0.25) is 0 Å². The molecule has 0 amide bonds. The zero-order valence-electron chi connectivity index (χ0n) is 10.6. The Morgan fingerprint density at radius 2 is 1.74 bits per heavy atom. The number of benzene rings is 3. The van der Waals surface area contributed by atoms with E-state index < -0.39 is 0 Å². The molecule has 3 rings (SSSR count). The van der Waals surface area contributed by atoms with Crippen molar-refractivity contribution in [2.24, 2.45) is 0 Å². The third-order valence-electron chi connectivity index (χ3n) is 3.28. The summed E-state index contributed by atoms with van der Waals surface area (Å²) < 4.78 is 5.39. The zero-order chi connectivity index (χ0) is 13.2. The monoisotopic (exact) mass is 250 g/mol. The smallest absolute Gasteiger partial charge is 0.126 e. The van der Waals surface area contributed by atoms with E-state index in [-0.39, 0.29) is 0 Å². The van der Waals surface area contributed by atoms with Crippen molar-refractivity contribution in [1.82, 2.24) is 0 Å². The number of hydrogen-bond acceptors (Lipinski definition) is 2. The van der Waals surface area contributed by atoms with Gasteiger partial charge in [-0.05, 0) is 29.1 Å².